The molecule has 2 aromatic rings. The Labute approximate surface area is 122 Å². The smallest absolute Gasteiger partial charge is 0.305 e. The van der Waals surface area contributed by atoms with Gasteiger partial charge in [0.05, 0.1) is 18.2 Å². The number of carboxylic acids is 1. The molecule has 0 amide bonds. The van der Waals surface area contributed by atoms with Crippen molar-refractivity contribution >= 4 is 11.8 Å². The first-order valence-electron chi connectivity index (χ1n) is 6.61. The third-order valence-corrected chi connectivity index (χ3v) is 3.01. The molecule has 2 N–H and O–H groups in total. The molecular formula is C16H16N2O3. The van der Waals surface area contributed by atoms with E-state index < -0.39 is 12.0 Å². The Bertz CT molecular complexity index is 599. The quantitative estimate of drug-likeness (QED) is 0.759. The van der Waals surface area contributed by atoms with E-state index in [-0.39, 0.29) is 12.2 Å². The van der Waals surface area contributed by atoms with Gasteiger partial charge in [-0.05, 0) is 12.1 Å². The number of pyridine rings is 1. The van der Waals surface area contributed by atoms with Gasteiger partial charge in [0.15, 0.2) is 5.78 Å². The Morgan fingerprint density at radius 1 is 1.10 bits per heavy atom. The molecule has 1 atom stereocenters. The summed E-state index contributed by atoms with van der Waals surface area (Å²) in [5, 5.41) is 11.9. The fraction of sp³-hybridized carbons (Fsp3) is 0.188. The average Bonchev–Trinajstić information content (AvgIpc) is 2.52. The molecule has 2 rings (SSSR count). The predicted molar refractivity (Wildman–Crippen MR) is 77.9 cm³/mol. The van der Waals surface area contributed by atoms with Crippen LogP contribution in [-0.4, -0.2) is 27.9 Å². The first-order chi connectivity index (χ1) is 10.2. The lowest BCUT2D eigenvalue weighted by Gasteiger charge is -2.15. The summed E-state index contributed by atoms with van der Waals surface area (Å²) in [6, 6.07) is 13.4. The molecule has 5 nitrogen and oxygen atoms in total. The SMILES string of the molecule is O=C(O)CC(NCc1ccccn1)C(=O)c1ccccc1. The summed E-state index contributed by atoms with van der Waals surface area (Å²) in [5.41, 5.74) is 1.26. The summed E-state index contributed by atoms with van der Waals surface area (Å²) in [6.07, 6.45) is 1.39. The number of aliphatic carboxylic acids is 1. The zero-order chi connectivity index (χ0) is 15.1. The van der Waals surface area contributed by atoms with Crippen molar-refractivity contribution in [2.45, 2.75) is 19.0 Å². The molecule has 5 heteroatoms. The molecule has 1 heterocycles. The molecule has 21 heavy (non-hydrogen) atoms. The number of ketones is 1. The number of hydrogen-bond acceptors (Lipinski definition) is 4. The highest BCUT2D eigenvalue weighted by atomic mass is 16.4. The van der Waals surface area contributed by atoms with E-state index >= 15 is 0 Å². The molecule has 1 aromatic heterocycles. The zero-order valence-corrected chi connectivity index (χ0v) is 11.4. The van der Waals surface area contributed by atoms with Crippen molar-refractivity contribution in [3.63, 3.8) is 0 Å². The Morgan fingerprint density at radius 2 is 1.81 bits per heavy atom. The third kappa shape index (κ3) is 4.50. The molecule has 0 saturated heterocycles. The molecule has 0 saturated carbocycles. The first-order valence-corrected chi connectivity index (χ1v) is 6.61. The number of carbonyl (C=O) groups is 2. The maximum absolute atomic E-state index is 12.4. The molecule has 0 fully saturated rings. The second-order valence-electron chi connectivity index (χ2n) is 4.58. The fourth-order valence-corrected chi connectivity index (χ4v) is 1.97. The minimum Gasteiger partial charge on any atom is -0.481 e. The number of aromatic nitrogens is 1. The van der Waals surface area contributed by atoms with Crippen LogP contribution in [0.3, 0.4) is 0 Å². The van der Waals surface area contributed by atoms with Gasteiger partial charge in [0, 0.05) is 18.3 Å². The molecule has 1 aromatic carbocycles. The summed E-state index contributed by atoms with van der Waals surface area (Å²) in [6.45, 7) is 0.345. The second-order valence-corrected chi connectivity index (χ2v) is 4.58. The summed E-state index contributed by atoms with van der Waals surface area (Å²) in [7, 11) is 0. The van der Waals surface area contributed by atoms with Crippen LogP contribution in [0.1, 0.15) is 22.5 Å². The molecule has 1 unspecified atom stereocenters. The number of carbonyl (C=O) groups excluding carboxylic acids is 1. The number of nitrogens with one attached hydrogen (secondary N) is 1. The van der Waals surface area contributed by atoms with Crippen LogP contribution in [0.25, 0.3) is 0 Å². The maximum atomic E-state index is 12.4. The van der Waals surface area contributed by atoms with Crippen LogP contribution < -0.4 is 5.32 Å². The average molecular weight is 284 g/mol. The minimum atomic E-state index is -1.02. The monoisotopic (exact) mass is 284 g/mol. The third-order valence-electron chi connectivity index (χ3n) is 3.01. The van der Waals surface area contributed by atoms with Crippen LogP contribution in [0.15, 0.2) is 54.7 Å². The highest BCUT2D eigenvalue weighted by molar-refractivity contribution is 6.01. The fourth-order valence-electron chi connectivity index (χ4n) is 1.97. The number of Topliss-reactive ketones (excluding diaryl/α,β-unsaturated/α-hetero) is 1. The standard InChI is InChI=1S/C16H16N2O3/c19-15(20)10-14(16(21)12-6-2-1-3-7-12)18-11-13-8-4-5-9-17-13/h1-9,14,18H,10-11H2,(H,19,20). The molecule has 0 aliphatic heterocycles. The van der Waals surface area contributed by atoms with Gasteiger partial charge in [-0.15, -0.1) is 0 Å². The number of benzene rings is 1. The van der Waals surface area contributed by atoms with Gasteiger partial charge in [-0.1, -0.05) is 36.4 Å². The van der Waals surface area contributed by atoms with Gasteiger partial charge >= 0.3 is 5.97 Å². The number of hydrogen-bond donors (Lipinski definition) is 2. The van der Waals surface area contributed by atoms with Crippen molar-refractivity contribution in [1.29, 1.82) is 0 Å². The summed E-state index contributed by atoms with van der Waals surface area (Å²) in [4.78, 5) is 27.4. The van der Waals surface area contributed by atoms with E-state index in [1.807, 2.05) is 18.2 Å². The highest BCUT2D eigenvalue weighted by Gasteiger charge is 2.22. The number of nitrogens with zero attached hydrogens (tertiary/aromatic N) is 1. The van der Waals surface area contributed by atoms with Crippen LogP contribution >= 0.6 is 0 Å². The molecule has 0 radical (unpaired) electrons. The predicted octanol–water partition coefficient (Wildman–Crippen LogP) is 1.90. The van der Waals surface area contributed by atoms with E-state index in [2.05, 4.69) is 10.3 Å². The van der Waals surface area contributed by atoms with Gasteiger partial charge in [-0.25, -0.2) is 0 Å². The summed E-state index contributed by atoms with van der Waals surface area (Å²) in [5.74, 6) is -1.24. The van der Waals surface area contributed by atoms with Gasteiger partial charge in [-0.3, -0.25) is 14.6 Å². The van der Waals surface area contributed by atoms with Gasteiger partial charge in [0.25, 0.3) is 0 Å². The van der Waals surface area contributed by atoms with Crippen molar-refractivity contribution in [2.75, 3.05) is 0 Å². The van der Waals surface area contributed by atoms with Crippen LogP contribution in [0.2, 0.25) is 0 Å². The van der Waals surface area contributed by atoms with Gasteiger partial charge in [-0.2, -0.15) is 0 Å². The van der Waals surface area contributed by atoms with E-state index in [9.17, 15) is 9.59 Å². The van der Waals surface area contributed by atoms with Crippen molar-refractivity contribution < 1.29 is 14.7 Å². The summed E-state index contributed by atoms with van der Waals surface area (Å²) < 4.78 is 0. The largest absolute Gasteiger partial charge is 0.481 e. The zero-order valence-electron chi connectivity index (χ0n) is 11.4. The highest BCUT2D eigenvalue weighted by Crippen LogP contribution is 2.07. The molecule has 0 aliphatic carbocycles. The number of carboxylic acid groups (broad SMARTS) is 1. The Morgan fingerprint density at radius 3 is 2.43 bits per heavy atom. The van der Waals surface area contributed by atoms with Crippen LogP contribution in [0.4, 0.5) is 0 Å². The van der Waals surface area contributed by atoms with Gasteiger partial charge in [0.1, 0.15) is 0 Å². The Kier molecular flexibility index (Phi) is 5.17. The van der Waals surface area contributed by atoms with Crippen LogP contribution in [0.5, 0.6) is 0 Å². The summed E-state index contributed by atoms with van der Waals surface area (Å²) >= 11 is 0. The van der Waals surface area contributed by atoms with Crippen molar-refractivity contribution in [3.8, 4) is 0 Å². The normalized spacial score (nSPS) is 11.8. The van der Waals surface area contributed by atoms with Gasteiger partial charge < -0.3 is 10.4 Å². The maximum Gasteiger partial charge on any atom is 0.305 e. The molecule has 0 bridgehead atoms. The van der Waals surface area contributed by atoms with Crippen LogP contribution in [0, 0.1) is 0 Å². The molecule has 0 aliphatic rings. The lowest BCUT2D eigenvalue weighted by Crippen LogP contribution is -2.38. The van der Waals surface area contributed by atoms with Crippen LogP contribution in [-0.2, 0) is 11.3 Å². The second kappa shape index (κ2) is 7.31. The number of rotatable bonds is 7. The first kappa shape index (κ1) is 14.9. The lowest BCUT2D eigenvalue weighted by atomic mass is 10.0. The van der Waals surface area contributed by atoms with Crippen molar-refractivity contribution in [2.24, 2.45) is 0 Å². The molecular weight excluding hydrogens is 268 g/mol. The topological polar surface area (TPSA) is 79.3 Å². The Balaban J connectivity index is 2.07. The minimum absolute atomic E-state index is 0.228. The lowest BCUT2D eigenvalue weighted by molar-refractivity contribution is -0.137. The van der Waals surface area contributed by atoms with Crippen molar-refractivity contribution in [1.82, 2.24) is 10.3 Å². The molecule has 0 spiro atoms. The van der Waals surface area contributed by atoms with Gasteiger partial charge in [0.2, 0.25) is 0 Å². The van der Waals surface area contributed by atoms with E-state index in [4.69, 9.17) is 5.11 Å². The van der Waals surface area contributed by atoms with Crippen molar-refractivity contribution in [3.05, 3.63) is 66.0 Å². The van der Waals surface area contributed by atoms with E-state index in [0.717, 1.165) is 5.69 Å². The Hall–Kier alpha value is -2.53. The molecule has 108 valence electrons. The van der Waals surface area contributed by atoms with E-state index in [1.54, 1.807) is 36.5 Å². The van der Waals surface area contributed by atoms with E-state index in [1.165, 1.54) is 0 Å². The van der Waals surface area contributed by atoms with E-state index in [0.29, 0.717) is 12.1 Å².